The predicted octanol–water partition coefficient (Wildman–Crippen LogP) is -1.40. The van der Waals surface area contributed by atoms with Gasteiger partial charge in [0.15, 0.2) is 0 Å². The van der Waals surface area contributed by atoms with E-state index in [2.05, 4.69) is 5.32 Å². The van der Waals surface area contributed by atoms with Crippen LogP contribution in [0, 0.1) is 0 Å². The van der Waals surface area contributed by atoms with Gasteiger partial charge in [0.2, 0.25) is 11.8 Å². The van der Waals surface area contributed by atoms with Crippen molar-refractivity contribution in [1.82, 2.24) is 10.2 Å². The van der Waals surface area contributed by atoms with E-state index in [-0.39, 0.29) is 24.1 Å². The monoisotopic (exact) mass is 213 g/mol. The molecule has 1 aliphatic rings. The largest absolute Gasteiger partial charge is 0.342 e. The van der Waals surface area contributed by atoms with Crippen molar-refractivity contribution in [3.63, 3.8) is 0 Å². The molecular weight excluding hydrogens is 198 g/mol. The summed E-state index contributed by atoms with van der Waals surface area (Å²) in [6.45, 7) is 1.78. The van der Waals surface area contributed by atoms with Gasteiger partial charge in [-0.2, -0.15) is 0 Å². The summed E-state index contributed by atoms with van der Waals surface area (Å²) in [6.07, 6.45) is 0.522. The molecule has 1 fully saturated rings. The Labute approximate surface area is 87.8 Å². The molecule has 0 bridgehead atoms. The van der Waals surface area contributed by atoms with Crippen LogP contribution in [0.25, 0.3) is 0 Å². The first-order valence-electron chi connectivity index (χ1n) is 4.83. The van der Waals surface area contributed by atoms with Crippen molar-refractivity contribution in [2.45, 2.75) is 31.8 Å². The third-order valence-corrected chi connectivity index (χ3v) is 2.47. The molecule has 2 unspecified atom stereocenters. The first-order chi connectivity index (χ1) is 6.97. The first-order valence-corrected chi connectivity index (χ1v) is 4.83. The molecule has 0 aromatic heterocycles. The summed E-state index contributed by atoms with van der Waals surface area (Å²) in [5.74, 6) is -1.05. The molecule has 3 amide bonds. The molecule has 1 rings (SSSR count). The molecule has 1 heterocycles. The fraction of sp³-hybridized carbons (Fsp3) is 0.667. The van der Waals surface area contributed by atoms with Crippen LogP contribution < -0.4 is 11.1 Å². The zero-order valence-corrected chi connectivity index (χ0v) is 8.82. The van der Waals surface area contributed by atoms with Crippen LogP contribution in [0.5, 0.6) is 0 Å². The van der Waals surface area contributed by atoms with Crippen LogP contribution in [-0.2, 0) is 14.4 Å². The third-order valence-electron chi connectivity index (χ3n) is 2.47. The number of nitrogens with one attached hydrogen (secondary N) is 1. The van der Waals surface area contributed by atoms with E-state index in [1.165, 1.54) is 7.05 Å². The molecule has 1 saturated heterocycles. The Morgan fingerprint density at radius 1 is 1.67 bits per heavy atom. The van der Waals surface area contributed by atoms with Gasteiger partial charge in [-0.1, -0.05) is 6.92 Å². The molecule has 0 aromatic carbocycles. The van der Waals surface area contributed by atoms with E-state index in [9.17, 15) is 14.4 Å². The summed E-state index contributed by atoms with van der Waals surface area (Å²) in [7, 11) is 1.40. The SMILES string of the molecule is CCC(N)C(=O)NC1CC(=O)N(C)C1=O. The fourth-order valence-electron chi connectivity index (χ4n) is 1.33. The number of amides is 3. The minimum atomic E-state index is -0.743. The predicted molar refractivity (Wildman–Crippen MR) is 52.6 cm³/mol. The average Bonchev–Trinajstić information content (AvgIpc) is 2.45. The van der Waals surface area contributed by atoms with Crippen molar-refractivity contribution in [2.75, 3.05) is 7.05 Å². The second-order valence-electron chi connectivity index (χ2n) is 3.57. The summed E-state index contributed by atoms with van der Waals surface area (Å²) in [5.41, 5.74) is 5.49. The van der Waals surface area contributed by atoms with Crippen LogP contribution in [0.2, 0.25) is 0 Å². The highest BCUT2D eigenvalue weighted by Crippen LogP contribution is 2.10. The van der Waals surface area contributed by atoms with Crippen molar-refractivity contribution < 1.29 is 14.4 Å². The normalized spacial score (nSPS) is 23.1. The Balaban J connectivity index is 2.57. The molecule has 15 heavy (non-hydrogen) atoms. The highest BCUT2D eigenvalue weighted by atomic mass is 16.2. The van der Waals surface area contributed by atoms with Crippen LogP contribution in [-0.4, -0.2) is 41.8 Å². The quantitative estimate of drug-likeness (QED) is 0.564. The van der Waals surface area contributed by atoms with Gasteiger partial charge >= 0.3 is 0 Å². The zero-order chi connectivity index (χ0) is 11.6. The number of likely N-dealkylation sites (N-methyl/N-ethyl adjacent to an activating group) is 1. The molecule has 0 saturated carbocycles. The van der Waals surface area contributed by atoms with Gasteiger partial charge in [-0.05, 0) is 6.42 Å². The van der Waals surface area contributed by atoms with Crippen LogP contribution in [0.4, 0.5) is 0 Å². The summed E-state index contributed by atoms with van der Waals surface area (Å²) in [5, 5.41) is 2.46. The van der Waals surface area contributed by atoms with Crippen LogP contribution in [0.3, 0.4) is 0 Å². The Morgan fingerprint density at radius 2 is 2.27 bits per heavy atom. The Morgan fingerprint density at radius 3 is 2.67 bits per heavy atom. The number of nitrogens with two attached hydrogens (primary N) is 1. The Hall–Kier alpha value is -1.43. The van der Waals surface area contributed by atoms with Crippen LogP contribution >= 0.6 is 0 Å². The van der Waals surface area contributed by atoms with Gasteiger partial charge in [-0.15, -0.1) is 0 Å². The number of carbonyl (C=O) groups is 3. The lowest BCUT2D eigenvalue weighted by atomic mass is 10.2. The van der Waals surface area contributed by atoms with Crippen molar-refractivity contribution in [3.8, 4) is 0 Å². The maximum atomic E-state index is 11.4. The molecule has 2 atom stereocenters. The van der Waals surface area contributed by atoms with Crippen molar-refractivity contribution in [1.29, 1.82) is 0 Å². The van der Waals surface area contributed by atoms with Crippen molar-refractivity contribution in [3.05, 3.63) is 0 Å². The molecule has 6 nitrogen and oxygen atoms in total. The maximum Gasteiger partial charge on any atom is 0.252 e. The number of rotatable bonds is 3. The summed E-state index contributed by atoms with van der Waals surface area (Å²) in [4.78, 5) is 34.9. The molecular formula is C9H15N3O3. The molecule has 3 N–H and O–H groups in total. The lowest BCUT2D eigenvalue weighted by molar-refractivity contribution is -0.138. The van der Waals surface area contributed by atoms with Gasteiger partial charge in [0.1, 0.15) is 6.04 Å². The summed E-state index contributed by atoms with van der Waals surface area (Å²) < 4.78 is 0. The molecule has 1 aliphatic heterocycles. The standard InChI is InChI=1S/C9H15N3O3/c1-3-5(10)8(14)11-6-4-7(13)12(2)9(6)15/h5-6H,3-4,10H2,1-2H3,(H,11,14). The molecule has 84 valence electrons. The topological polar surface area (TPSA) is 92.5 Å². The highest BCUT2D eigenvalue weighted by molar-refractivity contribution is 6.06. The summed E-state index contributed by atoms with van der Waals surface area (Å²) in [6, 6.07) is -1.37. The Kier molecular flexibility index (Phi) is 3.41. The van der Waals surface area contributed by atoms with Crippen molar-refractivity contribution >= 4 is 17.7 Å². The van der Waals surface area contributed by atoms with E-state index in [0.29, 0.717) is 6.42 Å². The lowest BCUT2D eigenvalue weighted by Crippen LogP contribution is -2.47. The number of carbonyl (C=O) groups excluding carboxylic acids is 3. The van der Waals surface area contributed by atoms with Gasteiger partial charge in [-0.3, -0.25) is 19.3 Å². The minimum Gasteiger partial charge on any atom is -0.342 e. The fourth-order valence-corrected chi connectivity index (χ4v) is 1.33. The van der Waals surface area contributed by atoms with E-state index in [4.69, 9.17) is 5.73 Å². The molecule has 0 aromatic rings. The minimum absolute atomic E-state index is 0.0253. The smallest absolute Gasteiger partial charge is 0.252 e. The molecule has 6 heteroatoms. The third kappa shape index (κ3) is 2.33. The zero-order valence-electron chi connectivity index (χ0n) is 8.82. The molecule has 0 spiro atoms. The van der Waals surface area contributed by atoms with Gasteiger partial charge in [0.05, 0.1) is 12.5 Å². The first kappa shape index (κ1) is 11.6. The number of likely N-dealkylation sites (tertiary alicyclic amines) is 1. The van der Waals surface area contributed by atoms with E-state index in [1.54, 1.807) is 6.92 Å². The number of nitrogens with zero attached hydrogens (tertiary/aromatic N) is 1. The van der Waals surface area contributed by atoms with Crippen molar-refractivity contribution in [2.24, 2.45) is 5.73 Å². The highest BCUT2D eigenvalue weighted by Gasteiger charge is 2.37. The van der Waals surface area contributed by atoms with Crippen LogP contribution in [0.1, 0.15) is 19.8 Å². The maximum absolute atomic E-state index is 11.4. The molecule has 0 radical (unpaired) electrons. The summed E-state index contributed by atoms with van der Waals surface area (Å²) >= 11 is 0. The van der Waals surface area contributed by atoms with E-state index >= 15 is 0 Å². The molecule has 0 aliphatic carbocycles. The Bertz CT molecular complexity index is 303. The van der Waals surface area contributed by atoms with Gasteiger partial charge < -0.3 is 11.1 Å². The lowest BCUT2D eigenvalue weighted by Gasteiger charge is -2.14. The van der Waals surface area contributed by atoms with E-state index < -0.39 is 12.1 Å². The second kappa shape index (κ2) is 4.39. The number of imide groups is 1. The second-order valence-corrected chi connectivity index (χ2v) is 3.57. The van der Waals surface area contributed by atoms with Gasteiger partial charge in [0, 0.05) is 7.05 Å². The van der Waals surface area contributed by atoms with E-state index in [0.717, 1.165) is 4.90 Å². The van der Waals surface area contributed by atoms with Gasteiger partial charge in [0.25, 0.3) is 5.91 Å². The van der Waals surface area contributed by atoms with Gasteiger partial charge in [-0.25, -0.2) is 0 Å². The number of hydrogen-bond donors (Lipinski definition) is 2. The van der Waals surface area contributed by atoms with Crippen LogP contribution in [0.15, 0.2) is 0 Å². The van der Waals surface area contributed by atoms with E-state index in [1.807, 2.05) is 0 Å². The average molecular weight is 213 g/mol. The number of hydrogen-bond acceptors (Lipinski definition) is 4.